The van der Waals surface area contributed by atoms with Crippen LogP contribution in [0, 0.1) is 5.92 Å². The van der Waals surface area contributed by atoms with Gasteiger partial charge in [0.05, 0.1) is 5.75 Å². The molecule has 3 nitrogen and oxygen atoms in total. The molecule has 1 atom stereocenters. The van der Waals surface area contributed by atoms with Gasteiger partial charge in [-0.2, -0.15) is 0 Å². The van der Waals surface area contributed by atoms with Crippen molar-refractivity contribution >= 4 is 25.8 Å². The minimum absolute atomic E-state index is 0.00546. The Hall–Kier alpha value is -0.390. The van der Waals surface area contributed by atoms with Crippen LogP contribution < -0.4 is 0 Å². The lowest BCUT2D eigenvalue weighted by Crippen LogP contribution is -2.15. The molecule has 1 N–H and O–H groups in total. The lowest BCUT2D eigenvalue weighted by Gasteiger charge is -2.13. The third-order valence-electron chi connectivity index (χ3n) is 2.59. The van der Waals surface area contributed by atoms with Crippen molar-refractivity contribution in [1.29, 1.82) is 0 Å². The van der Waals surface area contributed by atoms with Crippen molar-refractivity contribution in [3.63, 3.8) is 0 Å². The van der Waals surface area contributed by atoms with Gasteiger partial charge in [0.2, 0.25) is 0 Å². The number of halogens is 1. The summed E-state index contributed by atoms with van der Waals surface area (Å²) in [5.41, 5.74) is 1.11. The Kier molecular flexibility index (Phi) is 5.62. The van der Waals surface area contributed by atoms with E-state index in [-0.39, 0.29) is 18.3 Å². The molecule has 0 bridgehead atoms. The summed E-state index contributed by atoms with van der Waals surface area (Å²) in [7, 11) is -2.95. The first-order valence-corrected chi connectivity index (χ1v) is 8.29. The van der Waals surface area contributed by atoms with Gasteiger partial charge < -0.3 is 5.11 Å². The number of benzene rings is 1. The zero-order valence-electron chi connectivity index (χ0n) is 9.77. The van der Waals surface area contributed by atoms with Crippen LogP contribution in [0.3, 0.4) is 0 Å². The smallest absolute Gasteiger partial charge is 0.147 e. The van der Waals surface area contributed by atoms with Crippen LogP contribution in [0.25, 0.3) is 0 Å². The molecule has 0 amide bonds. The molecule has 96 valence electrons. The predicted molar refractivity (Wildman–Crippen MR) is 72.7 cm³/mol. The van der Waals surface area contributed by atoms with Crippen LogP contribution in [0.4, 0.5) is 0 Å². The van der Waals surface area contributed by atoms with E-state index in [2.05, 4.69) is 15.9 Å². The SMILES string of the molecule is CS(=O)(=O)CCC(CO)Cc1ccc(Br)cc1. The maximum Gasteiger partial charge on any atom is 0.147 e. The Morgan fingerprint density at radius 3 is 2.35 bits per heavy atom. The average molecular weight is 321 g/mol. The minimum atomic E-state index is -2.95. The monoisotopic (exact) mass is 320 g/mol. The highest BCUT2D eigenvalue weighted by molar-refractivity contribution is 9.10. The van der Waals surface area contributed by atoms with Crippen molar-refractivity contribution in [1.82, 2.24) is 0 Å². The molecule has 0 aromatic heterocycles. The largest absolute Gasteiger partial charge is 0.396 e. The van der Waals surface area contributed by atoms with Gasteiger partial charge >= 0.3 is 0 Å². The van der Waals surface area contributed by atoms with E-state index in [1.165, 1.54) is 6.26 Å². The van der Waals surface area contributed by atoms with E-state index < -0.39 is 9.84 Å². The van der Waals surface area contributed by atoms with Crippen molar-refractivity contribution in [2.75, 3.05) is 18.6 Å². The van der Waals surface area contributed by atoms with Crippen LogP contribution in [0.2, 0.25) is 0 Å². The van der Waals surface area contributed by atoms with Crippen LogP contribution >= 0.6 is 15.9 Å². The van der Waals surface area contributed by atoms with Crippen molar-refractivity contribution in [3.05, 3.63) is 34.3 Å². The molecule has 1 unspecified atom stereocenters. The van der Waals surface area contributed by atoms with E-state index >= 15 is 0 Å². The highest BCUT2D eigenvalue weighted by Crippen LogP contribution is 2.16. The zero-order valence-corrected chi connectivity index (χ0v) is 12.2. The molecule has 17 heavy (non-hydrogen) atoms. The number of aliphatic hydroxyl groups excluding tert-OH is 1. The van der Waals surface area contributed by atoms with Crippen LogP contribution in [0.15, 0.2) is 28.7 Å². The summed E-state index contributed by atoms with van der Waals surface area (Å²) in [6.07, 6.45) is 2.44. The second-order valence-corrected chi connectivity index (χ2v) is 7.47. The van der Waals surface area contributed by atoms with Gasteiger partial charge in [-0.25, -0.2) is 8.42 Å². The molecule has 0 aliphatic carbocycles. The van der Waals surface area contributed by atoms with Crippen LogP contribution in [0.5, 0.6) is 0 Å². The first-order valence-electron chi connectivity index (χ1n) is 5.44. The maximum atomic E-state index is 11.1. The van der Waals surface area contributed by atoms with Crippen molar-refractivity contribution in [2.45, 2.75) is 12.8 Å². The zero-order chi connectivity index (χ0) is 12.9. The van der Waals surface area contributed by atoms with E-state index in [9.17, 15) is 13.5 Å². The fourth-order valence-electron chi connectivity index (χ4n) is 1.59. The Balaban J connectivity index is 2.55. The van der Waals surface area contributed by atoms with E-state index in [0.29, 0.717) is 12.8 Å². The second-order valence-electron chi connectivity index (χ2n) is 4.30. The third-order valence-corrected chi connectivity index (χ3v) is 4.10. The predicted octanol–water partition coefficient (Wildman–Crippen LogP) is 2.03. The first kappa shape index (κ1) is 14.7. The number of hydrogen-bond donors (Lipinski definition) is 1. The summed E-state index contributed by atoms with van der Waals surface area (Å²) < 4.78 is 23.1. The number of rotatable bonds is 6. The quantitative estimate of drug-likeness (QED) is 0.872. The molecule has 0 aliphatic heterocycles. The minimum Gasteiger partial charge on any atom is -0.396 e. The molecule has 0 spiro atoms. The highest BCUT2D eigenvalue weighted by Gasteiger charge is 2.12. The summed E-state index contributed by atoms with van der Waals surface area (Å²) in [5, 5.41) is 9.23. The summed E-state index contributed by atoms with van der Waals surface area (Å²) in [6.45, 7) is 0.0194. The normalized spacial score (nSPS) is 13.6. The van der Waals surface area contributed by atoms with Gasteiger partial charge in [-0.1, -0.05) is 28.1 Å². The van der Waals surface area contributed by atoms with Gasteiger partial charge in [0.25, 0.3) is 0 Å². The lowest BCUT2D eigenvalue weighted by atomic mass is 9.98. The summed E-state index contributed by atoms with van der Waals surface area (Å²) in [6, 6.07) is 7.85. The molecule has 5 heteroatoms. The van der Waals surface area contributed by atoms with Gasteiger partial charge in [-0.15, -0.1) is 0 Å². The van der Waals surface area contributed by atoms with Gasteiger partial charge in [0.1, 0.15) is 9.84 Å². The van der Waals surface area contributed by atoms with E-state index in [0.717, 1.165) is 10.0 Å². The van der Waals surface area contributed by atoms with Crippen molar-refractivity contribution in [2.24, 2.45) is 5.92 Å². The maximum absolute atomic E-state index is 11.1. The number of hydrogen-bond acceptors (Lipinski definition) is 3. The molecule has 0 fully saturated rings. The fourth-order valence-corrected chi connectivity index (χ4v) is 2.62. The first-order chi connectivity index (χ1) is 7.90. The molecule has 1 aromatic carbocycles. The number of aliphatic hydroxyl groups is 1. The standard InChI is InChI=1S/C12H17BrO3S/c1-17(15,16)7-6-11(9-14)8-10-2-4-12(13)5-3-10/h2-5,11,14H,6-9H2,1H3. The molecule has 1 aromatic rings. The molecular formula is C12H17BrO3S. The van der Waals surface area contributed by atoms with Crippen LogP contribution in [-0.2, 0) is 16.3 Å². The topological polar surface area (TPSA) is 54.4 Å². The highest BCUT2D eigenvalue weighted by atomic mass is 79.9. The summed E-state index contributed by atoms with van der Waals surface area (Å²) >= 11 is 3.36. The molecule has 0 heterocycles. The molecule has 0 saturated carbocycles. The molecule has 0 saturated heterocycles. The van der Waals surface area contributed by atoms with E-state index in [4.69, 9.17) is 0 Å². The molecule has 1 rings (SSSR count). The molecular weight excluding hydrogens is 304 g/mol. The number of sulfone groups is 1. The average Bonchev–Trinajstić information content (AvgIpc) is 2.25. The molecule has 0 aliphatic rings. The summed E-state index contributed by atoms with van der Waals surface area (Å²) in [4.78, 5) is 0. The molecule has 0 radical (unpaired) electrons. The lowest BCUT2D eigenvalue weighted by molar-refractivity contribution is 0.222. The van der Waals surface area contributed by atoms with Crippen molar-refractivity contribution < 1.29 is 13.5 Å². The Morgan fingerprint density at radius 2 is 1.88 bits per heavy atom. The van der Waals surface area contributed by atoms with E-state index in [1.54, 1.807) is 0 Å². The Labute approximate surface area is 111 Å². The van der Waals surface area contributed by atoms with Crippen LogP contribution in [0.1, 0.15) is 12.0 Å². The second kappa shape index (κ2) is 6.52. The summed E-state index contributed by atoms with van der Waals surface area (Å²) in [5.74, 6) is 0.139. The van der Waals surface area contributed by atoms with Crippen molar-refractivity contribution in [3.8, 4) is 0 Å². The van der Waals surface area contributed by atoms with Gasteiger partial charge in [0, 0.05) is 17.3 Å². The van der Waals surface area contributed by atoms with Gasteiger partial charge in [-0.3, -0.25) is 0 Å². The van der Waals surface area contributed by atoms with Gasteiger partial charge in [-0.05, 0) is 36.5 Å². The van der Waals surface area contributed by atoms with Crippen LogP contribution in [-0.4, -0.2) is 32.1 Å². The van der Waals surface area contributed by atoms with Gasteiger partial charge in [0.15, 0.2) is 0 Å². The third kappa shape index (κ3) is 6.19. The Bertz CT molecular complexity index is 439. The van der Waals surface area contributed by atoms with E-state index in [1.807, 2.05) is 24.3 Å². The fraction of sp³-hybridized carbons (Fsp3) is 0.500. The Morgan fingerprint density at radius 1 is 1.29 bits per heavy atom.